The molecule has 1 amide bonds. The molecule has 8 nitrogen and oxygen atoms in total. The van der Waals surface area contributed by atoms with Crippen LogP contribution in [0, 0.1) is 0 Å². The van der Waals surface area contributed by atoms with Crippen LogP contribution in [-0.4, -0.2) is 52.2 Å². The Balaban J connectivity index is 1.49. The number of benzene rings is 2. The predicted molar refractivity (Wildman–Crippen MR) is 144 cm³/mol. The molecule has 4 rings (SSSR count). The number of aliphatic hydroxyl groups is 1. The Labute approximate surface area is 224 Å². The normalized spacial score (nSPS) is 21.9. The van der Waals surface area contributed by atoms with E-state index < -0.39 is 12.3 Å². The molecule has 3 unspecified atom stereocenters. The number of nitrogens with zero attached hydrogens (tertiary/aromatic N) is 1. The molecule has 3 N–H and O–H groups in total. The van der Waals surface area contributed by atoms with Gasteiger partial charge in [-0.3, -0.25) is 14.5 Å². The standard InChI is InChI=1S/C30H38N2O6/c1-2-17-32(25-5-3-4-6-25)19-26-18-27(22-9-7-21(20-33)8-10-22)38-30(37-26)23-11-13-24(14-12-23)31-28(34)15-16-29(35)36/h2,7-14,25-27,30,33H,1,3-6,15-20H2,(H,31,34)(H,35,36). The second-order valence-corrected chi connectivity index (χ2v) is 10.1. The van der Waals surface area contributed by atoms with E-state index in [2.05, 4.69) is 16.8 Å². The highest BCUT2D eigenvalue weighted by molar-refractivity contribution is 5.92. The molecular formula is C30H38N2O6. The van der Waals surface area contributed by atoms with Gasteiger partial charge in [0, 0.05) is 43.2 Å². The summed E-state index contributed by atoms with van der Waals surface area (Å²) in [6.45, 7) is 5.58. The number of rotatable bonds is 12. The number of aliphatic carboxylic acids is 1. The number of aliphatic hydroxyl groups excluding tert-OH is 1. The fraction of sp³-hybridized carbons (Fsp3) is 0.467. The molecule has 1 aliphatic heterocycles. The highest BCUT2D eigenvalue weighted by Crippen LogP contribution is 2.39. The van der Waals surface area contributed by atoms with E-state index >= 15 is 0 Å². The summed E-state index contributed by atoms with van der Waals surface area (Å²) in [5, 5.41) is 21.0. The van der Waals surface area contributed by atoms with E-state index in [4.69, 9.17) is 14.6 Å². The summed E-state index contributed by atoms with van der Waals surface area (Å²) >= 11 is 0. The van der Waals surface area contributed by atoms with Crippen LogP contribution in [0.2, 0.25) is 0 Å². The fourth-order valence-corrected chi connectivity index (χ4v) is 5.27. The zero-order chi connectivity index (χ0) is 26.9. The molecule has 1 saturated carbocycles. The Morgan fingerprint density at radius 2 is 1.68 bits per heavy atom. The molecule has 1 heterocycles. The number of hydrogen-bond acceptors (Lipinski definition) is 6. The van der Waals surface area contributed by atoms with E-state index in [9.17, 15) is 14.7 Å². The van der Waals surface area contributed by atoms with Gasteiger partial charge in [-0.05, 0) is 36.1 Å². The van der Waals surface area contributed by atoms with E-state index in [0.29, 0.717) is 18.2 Å². The third kappa shape index (κ3) is 7.74. The minimum absolute atomic E-state index is 0.00272. The maximum Gasteiger partial charge on any atom is 0.303 e. The van der Waals surface area contributed by atoms with Gasteiger partial charge in [0.1, 0.15) is 0 Å². The maximum atomic E-state index is 12.0. The zero-order valence-corrected chi connectivity index (χ0v) is 21.8. The largest absolute Gasteiger partial charge is 0.481 e. The third-order valence-electron chi connectivity index (χ3n) is 7.29. The number of carbonyl (C=O) groups is 2. The topological polar surface area (TPSA) is 108 Å². The molecule has 8 heteroatoms. The van der Waals surface area contributed by atoms with E-state index in [1.54, 1.807) is 12.1 Å². The van der Waals surface area contributed by atoms with Crippen LogP contribution in [-0.2, 0) is 25.7 Å². The highest BCUT2D eigenvalue weighted by Gasteiger charge is 2.34. The van der Waals surface area contributed by atoms with Gasteiger partial charge < -0.3 is 25.0 Å². The predicted octanol–water partition coefficient (Wildman–Crippen LogP) is 4.96. The van der Waals surface area contributed by atoms with Crippen molar-refractivity contribution < 1.29 is 29.3 Å². The van der Waals surface area contributed by atoms with Gasteiger partial charge in [-0.15, -0.1) is 6.58 Å². The SMILES string of the molecule is C=CCN(CC1CC(c2ccc(CO)cc2)OC(c2ccc(NC(=O)CCC(=O)O)cc2)O1)C1CCCC1. The van der Waals surface area contributed by atoms with E-state index in [-0.39, 0.29) is 37.6 Å². The van der Waals surface area contributed by atoms with Gasteiger partial charge in [0.25, 0.3) is 0 Å². The van der Waals surface area contributed by atoms with Crippen molar-refractivity contribution in [1.82, 2.24) is 4.90 Å². The number of hydrogen-bond donors (Lipinski definition) is 3. The molecule has 2 aromatic rings. The Kier molecular flexibility index (Phi) is 10.1. The third-order valence-corrected chi connectivity index (χ3v) is 7.29. The minimum Gasteiger partial charge on any atom is -0.481 e. The summed E-state index contributed by atoms with van der Waals surface area (Å²) in [5.41, 5.74) is 3.32. The summed E-state index contributed by atoms with van der Waals surface area (Å²) in [5.74, 6) is -1.34. The maximum absolute atomic E-state index is 12.0. The molecular weight excluding hydrogens is 484 g/mol. The zero-order valence-electron chi connectivity index (χ0n) is 21.8. The average molecular weight is 523 g/mol. The number of anilines is 1. The quantitative estimate of drug-likeness (QED) is 0.338. The van der Waals surface area contributed by atoms with Crippen LogP contribution >= 0.6 is 0 Å². The van der Waals surface area contributed by atoms with Crippen molar-refractivity contribution in [2.24, 2.45) is 0 Å². The van der Waals surface area contributed by atoms with Crippen molar-refractivity contribution in [3.8, 4) is 0 Å². The monoisotopic (exact) mass is 522 g/mol. The molecule has 0 radical (unpaired) electrons. The molecule has 0 bridgehead atoms. The molecule has 2 aliphatic rings. The minimum atomic E-state index is -1.00. The molecule has 1 saturated heterocycles. The van der Waals surface area contributed by atoms with Crippen LogP contribution in [0.5, 0.6) is 0 Å². The van der Waals surface area contributed by atoms with Crippen LogP contribution in [0.4, 0.5) is 5.69 Å². The van der Waals surface area contributed by atoms with Crippen LogP contribution in [0.1, 0.15) is 74.0 Å². The fourth-order valence-electron chi connectivity index (χ4n) is 5.27. The van der Waals surface area contributed by atoms with Crippen molar-refractivity contribution in [1.29, 1.82) is 0 Å². The number of carboxylic acids is 1. The molecule has 38 heavy (non-hydrogen) atoms. The van der Waals surface area contributed by atoms with Gasteiger partial charge in [0.05, 0.1) is 25.2 Å². The number of carboxylic acid groups (broad SMARTS) is 1. The van der Waals surface area contributed by atoms with Crippen LogP contribution in [0.3, 0.4) is 0 Å². The Bertz CT molecular complexity index is 1070. The van der Waals surface area contributed by atoms with Gasteiger partial charge in [-0.1, -0.05) is 55.3 Å². The van der Waals surface area contributed by atoms with Crippen molar-refractivity contribution in [2.75, 3.05) is 18.4 Å². The molecule has 204 valence electrons. The second kappa shape index (κ2) is 13.7. The first-order valence-corrected chi connectivity index (χ1v) is 13.4. The van der Waals surface area contributed by atoms with E-state index in [1.807, 2.05) is 42.5 Å². The molecule has 2 fully saturated rings. The van der Waals surface area contributed by atoms with Crippen LogP contribution < -0.4 is 5.32 Å². The lowest BCUT2D eigenvalue weighted by molar-refractivity contribution is -0.253. The van der Waals surface area contributed by atoms with Crippen LogP contribution in [0.15, 0.2) is 61.2 Å². The lowest BCUT2D eigenvalue weighted by Gasteiger charge is -2.39. The summed E-state index contributed by atoms with van der Waals surface area (Å²) in [6, 6.07) is 15.7. The summed E-state index contributed by atoms with van der Waals surface area (Å²) in [6.07, 6.45) is 6.51. The van der Waals surface area contributed by atoms with Gasteiger partial charge >= 0.3 is 5.97 Å². The first kappa shape index (κ1) is 28.0. The van der Waals surface area contributed by atoms with Gasteiger partial charge in [0.15, 0.2) is 6.29 Å². The number of nitrogens with one attached hydrogen (secondary N) is 1. The lowest BCUT2D eigenvalue weighted by atomic mass is 9.99. The van der Waals surface area contributed by atoms with Crippen molar-refractivity contribution in [3.63, 3.8) is 0 Å². The summed E-state index contributed by atoms with van der Waals surface area (Å²) in [4.78, 5) is 25.2. The Morgan fingerprint density at radius 3 is 2.32 bits per heavy atom. The molecule has 3 atom stereocenters. The van der Waals surface area contributed by atoms with E-state index in [1.165, 1.54) is 25.7 Å². The molecule has 0 aromatic heterocycles. The lowest BCUT2D eigenvalue weighted by Crippen LogP contribution is -2.43. The number of carbonyl (C=O) groups excluding carboxylic acids is 1. The Hall–Kier alpha value is -3.04. The highest BCUT2D eigenvalue weighted by atomic mass is 16.7. The average Bonchev–Trinajstić information content (AvgIpc) is 3.47. The van der Waals surface area contributed by atoms with Gasteiger partial charge in [-0.2, -0.15) is 0 Å². The number of amides is 1. The smallest absolute Gasteiger partial charge is 0.303 e. The van der Waals surface area contributed by atoms with Crippen LogP contribution in [0.25, 0.3) is 0 Å². The Morgan fingerprint density at radius 1 is 1.00 bits per heavy atom. The van der Waals surface area contributed by atoms with Gasteiger partial charge in [0.2, 0.25) is 5.91 Å². The van der Waals surface area contributed by atoms with Gasteiger partial charge in [-0.25, -0.2) is 0 Å². The summed E-state index contributed by atoms with van der Waals surface area (Å²) < 4.78 is 12.9. The first-order chi connectivity index (χ1) is 18.4. The van der Waals surface area contributed by atoms with Crippen molar-refractivity contribution in [3.05, 3.63) is 77.9 Å². The molecule has 1 aliphatic carbocycles. The molecule has 2 aromatic carbocycles. The summed E-state index contributed by atoms with van der Waals surface area (Å²) in [7, 11) is 0. The van der Waals surface area contributed by atoms with E-state index in [0.717, 1.165) is 29.8 Å². The second-order valence-electron chi connectivity index (χ2n) is 10.1. The molecule has 0 spiro atoms. The van der Waals surface area contributed by atoms with Crippen molar-refractivity contribution in [2.45, 2.75) is 76.1 Å². The number of ether oxygens (including phenoxy) is 2. The van der Waals surface area contributed by atoms with Crippen molar-refractivity contribution >= 4 is 17.6 Å². The first-order valence-electron chi connectivity index (χ1n) is 13.4.